The Balaban J connectivity index is 2.25. The fourth-order valence-corrected chi connectivity index (χ4v) is 3.88. The third kappa shape index (κ3) is 1.67. The molecule has 2 N–H and O–H groups in total. The van der Waals surface area contributed by atoms with Crippen molar-refractivity contribution in [1.82, 2.24) is 0 Å². The molecule has 0 saturated carbocycles. The van der Waals surface area contributed by atoms with Gasteiger partial charge in [0, 0.05) is 10.8 Å². The molecule has 0 radical (unpaired) electrons. The molecule has 1 aliphatic rings. The fraction of sp³-hybridized carbons (Fsp3) is 0.238. The van der Waals surface area contributed by atoms with Gasteiger partial charge in [-0.05, 0) is 40.6 Å². The molecule has 0 amide bonds. The SMILES string of the molecule is CC1(C)c2ccccc2-c2c(cc(O)c3ccccc23)C1(C)O. The van der Waals surface area contributed by atoms with Gasteiger partial charge in [-0.1, -0.05) is 62.4 Å². The predicted molar refractivity (Wildman–Crippen MR) is 93.6 cm³/mol. The zero-order chi connectivity index (χ0) is 16.4. The van der Waals surface area contributed by atoms with E-state index in [1.165, 1.54) is 0 Å². The molecule has 0 fully saturated rings. The predicted octanol–water partition coefficient (Wildman–Crippen LogP) is 4.71. The van der Waals surface area contributed by atoms with Crippen LogP contribution < -0.4 is 0 Å². The van der Waals surface area contributed by atoms with Gasteiger partial charge >= 0.3 is 0 Å². The van der Waals surface area contributed by atoms with Crippen LogP contribution >= 0.6 is 0 Å². The first-order chi connectivity index (χ1) is 10.9. The summed E-state index contributed by atoms with van der Waals surface area (Å²) in [6.07, 6.45) is 0. The number of rotatable bonds is 0. The van der Waals surface area contributed by atoms with Gasteiger partial charge in [0.25, 0.3) is 0 Å². The molecule has 3 aromatic rings. The molecular weight excluding hydrogens is 284 g/mol. The summed E-state index contributed by atoms with van der Waals surface area (Å²) in [7, 11) is 0. The largest absolute Gasteiger partial charge is 0.507 e. The van der Waals surface area contributed by atoms with Crippen molar-refractivity contribution >= 4 is 10.8 Å². The van der Waals surface area contributed by atoms with Crippen molar-refractivity contribution in [2.24, 2.45) is 0 Å². The highest BCUT2D eigenvalue weighted by atomic mass is 16.3. The van der Waals surface area contributed by atoms with Crippen LogP contribution in [-0.2, 0) is 11.0 Å². The van der Waals surface area contributed by atoms with Crippen molar-refractivity contribution in [2.75, 3.05) is 0 Å². The normalized spacial score (nSPS) is 21.7. The summed E-state index contributed by atoms with van der Waals surface area (Å²) in [5, 5.41) is 23.6. The van der Waals surface area contributed by atoms with E-state index in [1.54, 1.807) is 6.07 Å². The maximum absolute atomic E-state index is 11.4. The molecule has 0 bridgehead atoms. The number of aliphatic hydroxyl groups is 1. The molecular formula is C21H20O2. The maximum Gasteiger partial charge on any atom is 0.123 e. The van der Waals surface area contributed by atoms with Crippen molar-refractivity contribution in [2.45, 2.75) is 31.8 Å². The van der Waals surface area contributed by atoms with Gasteiger partial charge in [0.2, 0.25) is 0 Å². The number of phenolic OH excluding ortho intramolecular Hbond substituents is 1. The lowest BCUT2D eigenvalue weighted by Crippen LogP contribution is -2.45. The van der Waals surface area contributed by atoms with E-state index in [2.05, 4.69) is 26.0 Å². The summed E-state index contributed by atoms with van der Waals surface area (Å²) < 4.78 is 0. The highest BCUT2D eigenvalue weighted by molar-refractivity contribution is 6.03. The smallest absolute Gasteiger partial charge is 0.123 e. The van der Waals surface area contributed by atoms with Gasteiger partial charge in [0.15, 0.2) is 0 Å². The Hall–Kier alpha value is -2.32. The number of benzene rings is 3. The number of aromatic hydroxyl groups is 1. The first-order valence-corrected chi connectivity index (χ1v) is 7.93. The number of fused-ring (bicyclic) bond motifs is 5. The van der Waals surface area contributed by atoms with Gasteiger partial charge < -0.3 is 10.2 Å². The van der Waals surface area contributed by atoms with Gasteiger partial charge in [-0.25, -0.2) is 0 Å². The Morgan fingerprint density at radius 1 is 0.783 bits per heavy atom. The number of phenols is 1. The summed E-state index contributed by atoms with van der Waals surface area (Å²) in [4.78, 5) is 0. The Kier molecular flexibility index (Phi) is 2.71. The van der Waals surface area contributed by atoms with Crippen LogP contribution in [0.2, 0.25) is 0 Å². The van der Waals surface area contributed by atoms with E-state index in [1.807, 2.05) is 43.3 Å². The molecule has 3 aromatic carbocycles. The van der Waals surface area contributed by atoms with Crippen LogP contribution in [0.3, 0.4) is 0 Å². The molecule has 0 heterocycles. The second-order valence-electron chi connectivity index (χ2n) is 7.11. The number of hydrogen-bond acceptors (Lipinski definition) is 2. The van der Waals surface area contributed by atoms with E-state index >= 15 is 0 Å². The van der Waals surface area contributed by atoms with Crippen LogP contribution in [0.25, 0.3) is 21.9 Å². The molecule has 1 aliphatic carbocycles. The molecule has 1 unspecified atom stereocenters. The van der Waals surface area contributed by atoms with E-state index in [4.69, 9.17) is 0 Å². The minimum absolute atomic E-state index is 0.217. The molecule has 116 valence electrons. The standard InChI is InChI=1S/C21H20O2/c1-20(2)16-11-7-6-10-15(16)19-14-9-5-4-8-13(14)18(22)12-17(19)21(20,3)23/h4-12,22-23H,1-3H3. The molecule has 2 nitrogen and oxygen atoms in total. The Labute approximate surface area is 136 Å². The monoisotopic (exact) mass is 304 g/mol. The molecule has 0 saturated heterocycles. The van der Waals surface area contributed by atoms with Crippen molar-refractivity contribution in [3.8, 4) is 16.9 Å². The highest BCUT2D eigenvalue weighted by Crippen LogP contribution is 2.55. The lowest BCUT2D eigenvalue weighted by molar-refractivity contribution is -0.0152. The van der Waals surface area contributed by atoms with Crippen LogP contribution in [-0.4, -0.2) is 10.2 Å². The molecule has 23 heavy (non-hydrogen) atoms. The fourth-order valence-electron chi connectivity index (χ4n) is 3.88. The van der Waals surface area contributed by atoms with Gasteiger partial charge in [0.1, 0.15) is 5.75 Å². The quantitative estimate of drug-likeness (QED) is 0.631. The van der Waals surface area contributed by atoms with Crippen molar-refractivity contribution in [1.29, 1.82) is 0 Å². The zero-order valence-corrected chi connectivity index (χ0v) is 13.6. The number of hydrogen-bond donors (Lipinski definition) is 2. The third-order valence-electron chi connectivity index (χ3n) is 5.63. The minimum Gasteiger partial charge on any atom is -0.507 e. The molecule has 1 atom stereocenters. The topological polar surface area (TPSA) is 40.5 Å². The minimum atomic E-state index is -1.07. The van der Waals surface area contributed by atoms with E-state index in [0.29, 0.717) is 0 Å². The molecule has 4 rings (SSSR count). The summed E-state index contributed by atoms with van der Waals surface area (Å²) in [6.45, 7) is 5.96. The summed E-state index contributed by atoms with van der Waals surface area (Å²) in [5.41, 5.74) is 2.56. The summed E-state index contributed by atoms with van der Waals surface area (Å²) in [6, 6.07) is 17.8. The third-order valence-corrected chi connectivity index (χ3v) is 5.63. The second kappa shape index (κ2) is 4.36. The van der Waals surface area contributed by atoms with Gasteiger partial charge in [-0.3, -0.25) is 0 Å². The average Bonchev–Trinajstić information content (AvgIpc) is 2.53. The van der Waals surface area contributed by atoms with E-state index < -0.39 is 11.0 Å². The van der Waals surface area contributed by atoms with Crippen LogP contribution in [0.1, 0.15) is 31.9 Å². The maximum atomic E-state index is 11.4. The second-order valence-corrected chi connectivity index (χ2v) is 7.11. The molecule has 0 aromatic heterocycles. The van der Waals surface area contributed by atoms with E-state index in [9.17, 15) is 10.2 Å². The Bertz CT molecular complexity index is 936. The Morgan fingerprint density at radius 3 is 2.13 bits per heavy atom. The highest BCUT2D eigenvalue weighted by Gasteiger charge is 2.48. The molecule has 0 aliphatic heterocycles. The molecule has 0 spiro atoms. The molecule has 2 heteroatoms. The lowest BCUT2D eigenvalue weighted by atomic mass is 9.60. The van der Waals surface area contributed by atoms with Crippen LogP contribution in [0, 0.1) is 0 Å². The van der Waals surface area contributed by atoms with Gasteiger partial charge in [-0.2, -0.15) is 0 Å². The van der Waals surface area contributed by atoms with Crippen LogP contribution in [0.4, 0.5) is 0 Å². The summed E-state index contributed by atoms with van der Waals surface area (Å²) >= 11 is 0. The first kappa shape index (κ1) is 14.3. The van der Waals surface area contributed by atoms with Crippen molar-refractivity contribution < 1.29 is 10.2 Å². The van der Waals surface area contributed by atoms with E-state index in [0.717, 1.165) is 33.0 Å². The lowest BCUT2D eigenvalue weighted by Gasteiger charge is -2.47. The Morgan fingerprint density at radius 2 is 1.39 bits per heavy atom. The average molecular weight is 304 g/mol. The van der Waals surface area contributed by atoms with Gasteiger partial charge in [0.05, 0.1) is 5.60 Å². The van der Waals surface area contributed by atoms with Crippen LogP contribution in [0.5, 0.6) is 5.75 Å². The first-order valence-electron chi connectivity index (χ1n) is 7.93. The van der Waals surface area contributed by atoms with Crippen molar-refractivity contribution in [3.05, 3.63) is 65.7 Å². The van der Waals surface area contributed by atoms with E-state index in [-0.39, 0.29) is 5.75 Å². The summed E-state index contributed by atoms with van der Waals surface area (Å²) in [5.74, 6) is 0.217. The van der Waals surface area contributed by atoms with Gasteiger partial charge in [-0.15, -0.1) is 0 Å². The van der Waals surface area contributed by atoms with Crippen molar-refractivity contribution in [3.63, 3.8) is 0 Å². The zero-order valence-electron chi connectivity index (χ0n) is 13.6. The van der Waals surface area contributed by atoms with Crippen LogP contribution in [0.15, 0.2) is 54.6 Å².